The number of halogens is 2. The highest BCUT2D eigenvalue weighted by Gasteiger charge is 2.33. The molecule has 1 fully saturated rings. The smallest absolute Gasteiger partial charge is 0.243 e. The lowest BCUT2D eigenvalue weighted by atomic mass is 9.96. The van der Waals surface area contributed by atoms with Crippen LogP contribution in [0, 0.1) is 5.92 Å². The van der Waals surface area contributed by atoms with Crippen LogP contribution in [0.3, 0.4) is 0 Å². The van der Waals surface area contributed by atoms with Gasteiger partial charge in [0.05, 0.1) is 28.4 Å². The first-order valence-corrected chi connectivity index (χ1v) is 11.6. The number of carbonyl (C=O) groups excluding carboxylic acids is 1. The molecule has 0 bridgehead atoms. The number of amides is 1. The number of sulfonamides is 1. The van der Waals surface area contributed by atoms with Crippen LogP contribution in [-0.2, 0) is 27.9 Å². The summed E-state index contributed by atoms with van der Waals surface area (Å²) < 4.78 is 28.8. The van der Waals surface area contributed by atoms with E-state index in [1.54, 1.807) is 35.0 Å². The Hall–Kier alpha value is -1.61. The fourth-order valence-corrected chi connectivity index (χ4v) is 5.33. The lowest BCUT2D eigenvalue weighted by Crippen LogP contribution is -2.43. The zero-order valence-electron chi connectivity index (χ0n) is 16.4. The summed E-state index contributed by atoms with van der Waals surface area (Å²) in [5.41, 5.74) is 0.799. The van der Waals surface area contributed by atoms with Crippen LogP contribution in [-0.4, -0.2) is 53.4 Å². The Bertz CT molecular complexity index is 968. The van der Waals surface area contributed by atoms with Crippen molar-refractivity contribution in [3.8, 4) is 0 Å². The number of nitrogens with zero attached hydrogens (tertiary/aromatic N) is 4. The Balaban J connectivity index is 1.61. The number of benzene rings is 1. The summed E-state index contributed by atoms with van der Waals surface area (Å²) in [4.78, 5) is 14.7. The van der Waals surface area contributed by atoms with E-state index >= 15 is 0 Å². The van der Waals surface area contributed by atoms with E-state index in [-0.39, 0.29) is 16.7 Å². The van der Waals surface area contributed by atoms with Crippen molar-refractivity contribution in [1.29, 1.82) is 0 Å². The normalized spacial score (nSPS) is 16.1. The molecule has 0 spiro atoms. The van der Waals surface area contributed by atoms with E-state index in [9.17, 15) is 13.2 Å². The molecule has 1 aromatic heterocycles. The average Bonchev–Trinajstić information content (AvgIpc) is 3.07. The fourth-order valence-electron chi connectivity index (χ4n) is 3.53. The molecule has 0 aliphatic carbocycles. The number of piperidine rings is 1. The van der Waals surface area contributed by atoms with Crippen LogP contribution < -0.4 is 0 Å². The first kappa shape index (κ1) is 22.1. The molecule has 0 atom stereocenters. The van der Waals surface area contributed by atoms with E-state index < -0.39 is 10.0 Å². The van der Waals surface area contributed by atoms with Crippen molar-refractivity contribution in [2.75, 3.05) is 20.1 Å². The maximum absolute atomic E-state index is 12.9. The first-order chi connectivity index (χ1) is 13.7. The highest BCUT2D eigenvalue weighted by atomic mass is 35.5. The molecule has 2 aromatic rings. The van der Waals surface area contributed by atoms with Gasteiger partial charge in [-0.05, 0) is 44.0 Å². The second-order valence-electron chi connectivity index (χ2n) is 7.08. The van der Waals surface area contributed by atoms with Crippen molar-refractivity contribution in [1.82, 2.24) is 19.0 Å². The van der Waals surface area contributed by atoms with Gasteiger partial charge in [-0.2, -0.15) is 9.40 Å². The number of aromatic nitrogens is 2. The third-order valence-corrected chi connectivity index (χ3v) is 7.70. The highest BCUT2D eigenvalue weighted by molar-refractivity contribution is 7.89. The van der Waals surface area contributed by atoms with E-state index in [1.165, 1.54) is 16.4 Å². The van der Waals surface area contributed by atoms with Gasteiger partial charge in [0.15, 0.2) is 0 Å². The van der Waals surface area contributed by atoms with E-state index in [2.05, 4.69) is 5.10 Å². The molecule has 1 aromatic carbocycles. The Labute approximate surface area is 181 Å². The molecule has 2 heterocycles. The summed E-state index contributed by atoms with van der Waals surface area (Å²) in [6.07, 6.45) is 2.55. The van der Waals surface area contributed by atoms with Crippen molar-refractivity contribution < 1.29 is 13.2 Å². The molecule has 0 N–H and O–H groups in total. The van der Waals surface area contributed by atoms with Crippen molar-refractivity contribution >= 4 is 39.1 Å². The minimum Gasteiger partial charge on any atom is -0.340 e. The van der Waals surface area contributed by atoms with Gasteiger partial charge in [-0.1, -0.05) is 23.2 Å². The zero-order chi connectivity index (χ0) is 21.2. The van der Waals surface area contributed by atoms with Crippen LogP contribution in [0.5, 0.6) is 0 Å². The minimum atomic E-state index is -3.58. The van der Waals surface area contributed by atoms with Crippen molar-refractivity contribution in [2.24, 2.45) is 5.92 Å². The molecule has 1 amide bonds. The molecule has 1 aliphatic rings. The molecular formula is C19H24Cl2N4O3S. The Morgan fingerprint density at radius 1 is 1.21 bits per heavy atom. The molecule has 158 valence electrons. The summed E-state index contributed by atoms with van der Waals surface area (Å²) in [5, 5.41) is 5.22. The van der Waals surface area contributed by atoms with Crippen LogP contribution in [0.2, 0.25) is 10.0 Å². The third kappa shape index (κ3) is 4.77. The zero-order valence-corrected chi connectivity index (χ0v) is 18.7. The third-order valence-electron chi connectivity index (χ3n) is 5.21. The largest absolute Gasteiger partial charge is 0.340 e. The predicted octanol–water partition coefficient (Wildman–Crippen LogP) is 3.27. The Kier molecular flexibility index (Phi) is 6.88. The highest BCUT2D eigenvalue weighted by Crippen LogP contribution is 2.26. The molecule has 7 nitrogen and oxygen atoms in total. The summed E-state index contributed by atoms with van der Waals surface area (Å²) in [6, 6.07) is 6.13. The van der Waals surface area contributed by atoms with E-state index in [0.717, 1.165) is 5.69 Å². The fraction of sp³-hybridized carbons (Fsp3) is 0.474. The van der Waals surface area contributed by atoms with Gasteiger partial charge >= 0.3 is 0 Å². The number of hydrogen-bond acceptors (Lipinski definition) is 4. The Morgan fingerprint density at radius 2 is 1.83 bits per heavy atom. The van der Waals surface area contributed by atoms with Crippen LogP contribution in [0.15, 0.2) is 35.4 Å². The molecule has 0 unspecified atom stereocenters. The number of carbonyl (C=O) groups is 1. The lowest BCUT2D eigenvalue weighted by molar-refractivity contribution is -0.136. The molecule has 1 aliphatic heterocycles. The number of aryl methyl sites for hydroxylation is 1. The summed E-state index contributed by atoms with van der Waals surface area (Å²) >= 11 is 12.0. The van der Waals surface area contributed by atoms with Crippen LogP contribution in [0.25, 0.3) is 0 Å². The SMILES string of the molecule is CCn1ncc(Cl)c1CN(C)C(=O)C1CCN(S(=O)(=O)c2ccc(Cl)cc2)CC1. The second kappa shape index (κ2) is 9.04. The van der Waals surface area contributed by atoms with Gasteiger partial charge < -0.3 is 4.90 Å². The molecule has 0 radical (unpaired) electrons. The summed E-state index contributed by atoms with van der Waals surface area (Å²) in [5.74, 6) is -0.220. The summed E-state index contributed by atoms with van der Waals surface area (Å²) in [6.45, 7) is 3.62. The van der Waals surface area contributed by atoms with Gasteiger partial charge in [0, 0.05) is 37.6 Å². The van der Waals surface area contributed by atoms with Gasteiger partial charge in [-0.15, -0.1) is 0 Å². The Morgan fingerprint density at radius 3 is 2.41 bits per heavy atom. The topological polar surface area (TPSA) is 75.5 Å². The molecule has 0 saturated carbocycles. The first-order valence-electron chi connectivity index (χ1n) is 9.45. The van der Waals surface area contributed by atoms with Crippen LogP contribution >= 0.6 is 23.2 Å². The molecule has 29 heavy (non-hydrogen) atoms. The predicted molar refractivity (Wildman–Crippen MR) is 112 cm³/mol. The van der Waals surface area contributed by atoms with Crippen molar-refractivity contribution in [3.63, 3.8) is 0 Å². The van der Waals surface area contributed by atoms with Gasteiger partial charge in [-0.25, -0.2) is 8.42 Å². The van der Waals surface area contributed by atoms with Gasteiger partial charge in [0.1, 0.15) is 0 Å². The molecule has 3 rings (SSSR count). The van der Waals surface area contributed by atoms with Gasteiger partial charge in [0.2, 0.25) is 15.9 Å². The monoisotopic (exact) mass is 458 g/mol. The van der Waals surface area contributed by atoms with Crippen molar-refractivity contribution in [3.05, 3.63) is 46.2 Å². The van der Waals surface area contributed by atoms with E-state index in [4.69, 9.17) is 23.2 Å². The van der Waals surface area contributed by atoms with Gasteiger partial charge in [0.25, 0.3) is 0 Å². The maximum Gasteiger partial charge on any atom is 0.243 e. The second-order valence-corrected chi connectivity index (χ2v) is 9.86. The average molecular weight is 459 g/mol. The standard InChI is InChI=1S/C19H24Cl2N4O3S/c1-3-25-18(17(21)12-22-25)13-23(2)19(26)14-8-10-24(11-9-14)29(27,28)16-6-4-15(20)5-7-16/h4-7,12,14H,3,8-11,13H2,1-2H3. The minimum absolute atomic E-state index is 0.00605. The molecule has 10 heteroatoms. The maximum atomic E-state index is 12.9. The molecule has 1 saturated heterocycles. The van der Waals surface area contributed by atoms with Crippen LogP contribution in [0.4, 0.5) is 0 Å². The van der Waals surface area contributed by atoms with Gasteiger partial charge in [-0.3, -0.25) is 9.48 Å². The number of hydrogen-bond donors (Lipinski definition) is 0. The van der Waals surface area contributed by atoms with E-state index in [1.807, 2.05) is 6.92 Å². The number of rotatable bonds is 6. The van der Waals surface area contributed by atoms with Crippen LogP contribution in [0.1, 0.15) is 25.5 Å². The van der Waals surface area contributed by atoms with Crippen molar-refractivity contribution in [2.45, 2.75) is 37.8 Å². The lowest BCUT2D eigenvalue weighted by Gasteiger charge is -2.32. The quantitative estimate of drug-likeness (QED) is 0.665. The molecular weight excluding hydrogens is 435 g/mol. The van der Waals surface area contributed by atoms with E-state index in [0.29, 0.717) is 49.1 Å². The summed E-state index contributed by atoms with van der Waals surface area (Å²) in [7, 11) is -1.84.